The maximum atomic E-state index is 12.9. The van der Waals surface area contributed by atoms with E-state index in [1.54, 1.807) is 0 Å². The van der Waals surface area contributed by atoms with Gasteiger partial charge in [-0.15, -0.1) is 0 Å². The fourth-order valence-corrected chi connectivity index (χ4v) is 1.11. The SMILES string of the molecule is O=C(O)c1cc(F)cc(COCCO)c1. The molecule has 0 aliphatic carbocycles. The highest BCUT2D eigenvalue weighted by Crippen LogP contribution is 2.10. The van der Waals surface area contributed by atoms with Gasteiger partial charge in [0, 0.05) is 0 Å². The van der Waals surface area contributed by atoms with Gasteiger partial charge in [-0.1, -0.05) is 0 Å². The Balaban J connectivity index is 2.75. The first-order chi connectivity index (χ1) is 7.13. The first-order valence-electron chi connectivity index (χ1n) is 4.35. The van der Waals surface area contributed by atoms with Crippen LogP contribution in [0, 0.1) is 5.82 Å². The van der Waals surface area contributed by atoms with Crippen molar-refractivity contribution in [2.24, 2.45) is 0 Å². The highest BCUT2D eigenvalue weighted by Gasteiger charge is 2.06. The van der Waals surface area contributed by atoms with Crippen LogP contribution in [0.5, 0.6) is 0 Å². The summed E-state index contributed by atoms with van der Waals surface area (Å²) in [6.45, 7) is 0.0959. The fraction of sp³-hybridized carbons (Fsp3) is 0.300. The van der Waals surface area contributed by atoms with Gasteiger partial charge in [-0.05, 0) is 23.8 Å². The number of hydrogen-bond donors (Lipinski definition) is 2. The maximum Gasteiger partial charge on any atom is 0.335 e. The van der Waals surface area contributed by atoms with Gasteiger partial charge < -0.3 is 14.9 Å². The normalized spacial score (nSPS) is 10.3. The van der Waals surface area contributed by atoms with Crippen molar-refractivity contribution in [3.63, 3.8) is 0 Å². The molecule has 0 spiro atoms. The number of aliphatic hydroxyl groups excluding tert-OH is 1. The average Bonchev–Trinajstić information content (AvgIpc) is 2.17. The topological polar surface area (TPSA) is 66.8 Å². The van der Waals surface area contributed by atoms with Crippen LogP contribution in [0.1, 0.15) is 15.9 Å². The minimum atomic E-state index is -1.18. The van der Waals surface area contributed by atoms with Crippen LogP contribution in [0.25, 0.3) is 0 Å². The van der Waals surface area contributed by atoms with Crippen LogP contribution >= 0.6 is 0 Å². The third kappa shape index (κ3) is 3.65. The molecule has 1 aromatic carbocycles. The van der Waals surface area contributed by atoms with Crippen LogP contribution in [0.4, 0.5) is 4.39 Å². The summed E-state index contributed by atoms with van der Waals surface area (Å²) in [5.74, 6) is -1.80. The Morgan fingerprint density at radius 2 is 2.13 bits per heavy atom. The van der Waals surface area contributed by atoms with E-state index in [1.165, 1.54) is 12.1 Å². The van der Waals surface area contributed by atoms with Gasteiger partial charge in [0.2, 0.25) is 0 Å². The summed E-state index contributed by atoms with van der Waals surface area (Å²) in [5, 5.41) is 17.1. The molecule has 1 rings (SSSR count). The molecule has 1 aromatic rings. The third-order valence-corrected chi connectivity index (χ3v) is 1.71. The number of carboxylic acids is 1. The summed E-state index contributed by atoms with van der Waals surface area (Å²) in [4.78, 5) is 10.6. The lowest BCUT2D eigenvalue weighted by Crippen LogP contribution is -2.02. The van der Waals surface area contributed by atoms with Crippen molar-refractivity contribution in [2.45, 2.75) is 6.61 Å². The Labute approximate surface area is 85.9 Å². The van der Waals surface area contributed by atoms with Crippen molar-refractivity contribution in [3.05, 3.63) is 35.1 Å². The molecule has 0 unspecified atom stereocenters. The molecule has 2 N–H and O–H groups in total. The lowest BCUT2D eigenvalue weighted by atomic mass is 10.1. The van der Waals surface area contributed by atoms with E-state index in [4.69, 9.17) is 14.9 Å². The first-order valence-corrected chi connectivity index (χ1v) is 4.35. The van der Waals surface area contributed by atoms with Gasteiger partial charge in [-0.2, -0.15) is 0 Å². The molecule has 0 radical (unpaired) electrons. The lowest BCUT2D eigenvalue weighted by molar-refractivity contribution is 0.0693. The van der Waals surface area contributed by atoms with Crippen LogP contribution in [0.2, 0.25) is 0 Å². The summed E-state index contributed by atoms with van der Waals surface area (Å²) < 4.78 is 17.9. The molecule has 0 aliphatic rings. The maximum absolute atomic E-state index is 12.9. The van der Waals surface area contributed by atoms with Gasteiger partial charge in [-0.3, -0.25) is 0 Å². The molecule has 0 saturated carbocycles. The largest absolute Gasteiger partial charge is 0.478 e. The Morgan fingerprint density at radius 1 is 1.40 bits per heavy atom. The van der Waals surface area contributed by atoms with Crippen molar-refractivity contribution >= 4 is 5.97 Å². The van der Waals surface area contributed by atoms with E-state index in [1.807, 2.05) is 0 Å². The van der Waals surface area contributed by atoms with Crippen LogP contribution < -0.4 is 0 Å². The number of rotatable bonds is 5. The summed E-state index contributed by atoms with van der Waals surface area (Å²) in [6, 6.07) is 3.48. The van der Waals surface area contributed by atoms with E-state index >= 15 is 0 Å². The van der Waals surface area contributed by atoms with E-state index in [-0.39, 0.29) is 25.4 Å². The number of ether oxygens (including phenoxy) is 1. The number of halogens is 1. The van der Waals surface area contributed by atoms with Gasteiger partial charge in [0.05, 0.1) is 25.4 Å². The van der Waals surface area contributed by atoms with E-state index in [0.717, 1.165) is 6.07 Å². The van der Waals surface area contributed by atoms with Crippen LogP contribution in [0.3, 0.4) is 0 Å². The predicted molar refractivity (Wildman–Crippen MR) is 50.1 cm³/mol. The standard InChI is InChI=1S/C10H11FO4/c11-9-4-7(6-15-2-1-12)3-8(5-9)10(13)14/h3-5,12H,1-2,6H2,(H,13,14). The van der Waals surface area contributed by atoms with E-state index < -0.39 is 11.8 Å². The van der Waals surface area contributed by atoms with Gasteiger partial charge in [0.15, 0.2) is 0 Å². The van der Waals surface area contributed by atoms with Crippen LogP contribution in [-0.4, -0.2) is 29.4 Å². The summed E-state index contributed by atoms with van der Waals surface area (Å²) in [7, 11) is 0. The quantitative estimate of drug-likeness (QED) is 0.718. The summed E-state index contributed by atoms with van der Waals surface area (Å²) in [5.41, 5.74) is 0.318. The molecule has 0 aromatic heterocycles. The molecule has 0 fully saturated rings. The van der Waals surface area contributed by atoms with Crippen molar-refractivity contribution in [3.8, 4) is 0 Å². The molecule has 0 atom stereocenters. The highest BCUT2D eigenvalue weighted by atomic mass is 19.1. The number of aromatic carboxylic acids is 1. The molecule has 0 saturated heterocycles. The second kappa shape index (κ2) is 5.43. The zero-order chi connectivity index (χ0) is 11.3. The minimum absolute atomic E-state index is 0.0819. The van der Waals surface area contributed by atoms with Crippen LogP contribution in [0.15, 0.2) is 18.2 Å². The fourth-order valence-electron chi connectivity index (χ4n) is 1.11. The molecule has 4 nitrogen and oxygen atoms in total. The molecule has 0 aliphatic heterocycles. The van der Waals surface area contributed by atoms with Crippen molar-refractivity contribution < 1.29 is 24.1 Å². The number of hydrogen-bond acceptors (Lipinski definition) is 3. The summed E-state index contributed by atoms with van der Waals surface area (Å²) >= 11 is 0. The van der Waals surface area contributed by atoms with Gasteiger partial charge >= 0.3 is 5.97 Å². The van der Waals surface area contributed by atoms with Crippen LogP contribution in [-0.2, 0) is 11.3 Å². The molecule has 0 amide bonds. The number of aliphatic hydroxyl groups is 1. The summed E-state index contributed by atoms with van der Waals surface area (Å²) in [6.07, 6.45) is 0. The van der Waals surface area contributed by atoms with Crippen molar-refractivity contribution in [1.82, 2.24) is 0 Å². The van der Waals surface area contributed by atoms with E-state index in [2.05, 4.69) is 0 Å². The smallest absolute Gasteiger partial charge is 0.335 e. The van der Waals surface area contributed by atoms with E-state index in [9.17, 15) is 9.18 Å². The zero-order valence-corrected chi connectivity index (χ0v) is 7.94. The Bertz CT molecular complexity index is 351. The Kier molecular flexibility index (Phi) is 4.20. The minimum Gasteiger partial charge on any atom is -0.478 e. The number of carbonyl (C=O) groups is 1. The first kappa shape index (κ1) is 11.6. The van der Waals surface area contributed by atoms with Gasteiger partial charge in [-0.25, -0.2) is 9.18 Å². The number of carboxylic acid groups (broad SMARTS) is 1. The van der Waals surface area contributed by atoms with Crippen molar-refractivity contribution in [2.75, 3.05) is 13.2 Å². The zero-order valence-electron chi connectivity index (χ0n) is 7.94. The monoisotopic (exact) mass is 214 g/mol. The van der Waals surface area contributed by atoms with Gasteiger partial charge in [0.1, 0.15) is 5.82 Å². The number of benzene rings is 1. The molecule has 15 heavy (non-hydrogen) atoms. The van der Waals surface area contributed by atoms with E-state index in [0.29, 0.717) is 5.56 Å². The molecular formula is C10H11FO4. The highest BCUT2D eigenvalue weighted by molar-refractivity contribution is 5.87. The Hall–Kier alpha value is -1.46. The second-order valence-electron chi connectivity index (χ2n) is 2.93. The Morgan fingerprint density at radius 3 is 2.73 bits per heavy atom. The molecule has 0 bridgehead atoms. The third-order valence-electron chi connectivity index (χ3n) is 1.71. The molecule has 0 heterocycles. The lowest BCUT2D eigenvalue weighted by Gasteiger charge is -2.04. The van der Waals surface area contributed by atoms with Gasteiger partial charge in [0.25, 0.3) is 0 Å². The predicted octanol–water partition coefficient (Wildman–Crippen LogP) is 1.03. The average molecular weight is 214 g/mol. The molecular weight excluding hydrogens is 203 g/mol. The molecule has 5 heteroatoms. The second-order valence-corrected chi connectivity index (χ2v) is 2.93. The molecule has 82 valence electrons. The van der Waals surface area contributed by atoms with Crippen molar-refractivity contribution in [1.29, 1.82) is 0 Å².